The summed E-state index contributed by atoms with van der Waals surface area (Å²) in [6.07, 6.45) is 2.79. The molecular formula is C12H16N2O5S. The Kier molecular flexibility index (Phi) is 4.53. The lowest BCUT2D eigenvalue weighted by molar-refractivity contribution is -0.146. The molecule has 20 heavy (non-hydrogen) atoms. The van der Waals surface area contributed by atoms with E-state index in [1.165, 1.54) is 22.7 Å². The average molecular weight is 300 g/mol. The van der Waals surface area contributed by atoms with Gasteiger partial charge in [0.2, 0.25) is 5.91 Å². The number of carboxylic acid groups (broad SMARTS) is 1. The van der Waals surface area contributed by atoms with E-state index in [9.17, 15) is 14.4 Å². The van der Waals surface area contributed by atoms with E-state index in [4.69, 9.17) is 9.84 Å². The van der Waals surface area contributed by atoms with E-state index in [1.807, 2.05) is 6.92 Å². The van der Waals surface area contributed by atoms with Crippen LogP contribution >= 0.6 is 11.8 Å². The first-order valence-corrected chi connectivity index (χ1v) is 7.33. The quantitative estimate of drug-likeness (QED) is 0.583. The minimum absolute atomic E-state index is 0.0798. The van der Waals surface area contributed by atoms with Gasteiger partial charge in [-0.15, -0.1) is 11.8 Å². The summed E-state index contributed by atoms with van der Waals surface area (Å²) in [6, 6.07) is 0. The zero-order valence-corrected chi connectivity index (χ0v) is 11.8. The number of alkyl carbamates (subject to hydrolysis) is 1. The molecule has 1 unspecified atom stereocenters. The molecule has 2 rings (SSSR count). The summed E-state index contributed by atoms with van der Waals surface area (Å²) in [5, 5.41) is 11.0. The number of amides is 2. The molecule has 1 fully saturated rings. The van der Waals surface area contributed by atoms with Crippen LogP contribution in [0.4, 0.5) is 4.79 Å². The second kappa shape index (κ2) is 6.17. The predicted octanol–water partition coefficient (Wildman–Crippen LogP) is 1.11. The number of aliphatic carboxylic acids is 1. The van der Waals surface area contributed by atoms with Crippen LogP contribution in [0, 0.1) is 0 Å². The summed E-state index contributed by atoms with van der Waals surface area (Å²) < 4.78 is 4.96. The minimum Gasteiger partial charge on any atom is -0.477 e. The van der Waals surface area contributed by atoms with Gasteiger partial charge in [0.1, 0.15) is 11.1 Å². The predicted molar refractivity (Wildman–Crippen MR) is 71.7 cm³/mol. The second-order valence-electron chi connectivity index (χ2n) is 4.47. The highest BCUT2D eigenvalue weighted by Gasteiger charge is 2.45. The topological polar surface area (TPSA) is 95.9 Å². The van der Waals surface area contributed by atoms with Gasteiger partial charge in [0.15, 0.2) is 0 Å². The van der Waals surface area contributed by atoms with Crippen molar-refractivity contribution >= 4 is 29.7 Å². The van der Waals surface area contributed by atoms with Crippen molar-refractivity contribution in [1.29, 1.82) is 0 Å². The van der Waals surface area contributed by atoms with Crippen molar-refractivity contribution in [3.8, 4) is 0 Å². The van der Waals surface area contributed by atoms with Gasteiger partial charge < -0.3 is 15.2 Å². The van der Waals surface area contributed by atoms with Gasteiger partial charge in [0, 0.05) is 0 Å². The molecule has 0 radical (unpaired) electrons. The number of fused-ring (bicyclic) bond motifs is 1. The molecule has 0 aromatic rings. The summed E-state index contributed by atoms with van der Waals surface area (Å²) >= 11 is 1.33. The molecule has 0 aliphatic carbocycles. The standard InChI is InChI=1S/C12H16N2O5S/c1-2-3-4-19-12(18)13-8-5-7(11(16)17)14-9(15)6-10(14)20-8/h5,8,10H,2-4,6H2,1H3,(H,13,18)(H,16,17)/t8?,10-/m1/s1. The number of β-lactam (4-membered cyclic amide) rings is 1. The van der Waals surface area contributed by atoms with Crippen LogP contribution in [-0.2, 0) is 14.3 Å². The van der Waals surface area contributed by atoms with Gasteiger partial charge in [-0.1, -0.05) is 13.3 Å². The molecule has 1 saturated heterocycles. The van der Waals surface area contributed by atoms with Crippen molar-refractivity contribution in [3.05, 3.63) is 11.8 Å². The maximum atomic E-state index is 11.5. The van der Waals surface area contributed by atoms with E-state index >= 15 is 0 Å². The van der Waals surface area contributed by atoms with Crippen LogP contribution < -0.4 is 5.32 Å². The fourth-order valence-corrected chi connectivity index (χ4v) is 3.24. The number of hydrogen-bond donors (Lipinski definition) is 2. The lowest BCUT2D eigenvalue weighted by atomic mass is 10.1. The molecule has 0 spiro atoms. The number of unbranched alkanes of at least 4 members (excludes halogenated alkanes) is 1. The van der Waals surface area contributed by atoms with Crippen LogP contribution in [0.3, 0.4) is 0 Å². The number of carbonyl (C=O) groups is 3. The van der Waals surface area contributed by atoms with Crippen molar-refractivity contribution in [2.75, 3.05) is 6.61 Å². The number of rotatable bonds is 5. The SMILES string of the molecule is CCCCOC(=O)NC1C=C(C(=O)O)N2C(=O)C[C@H]2S1. The van der Waals surface area contributed by atoms with Crippen LogP contribution in [0.1, 0.15) is 26.2 Å². The van der Waals surface area contributed by atoms with E-state index in [0.717, 1.165) is 12.8 Å². The summed E-state index contributed by atoms with van der Waals surface area (Å²) in [6.45, 7) is 2.32. The highest BCUT2D eigenvalue weighted by Crippen LogP contribution is 2.39. The molecule has 8 heteroatoms. The Morgan fingerprint density at radius 3 is 2.95 bits per heavy atom. The monoisotopic (exact) mass is 300 g/mol. The molecule has 2 aliphatic heterocycles. The zero-order valence-electron chi connectivity index (χ0n) is 11.0. The number of carbonyl (C=O) groups excluding carboxylic acids is 2. The number of nitrogens with zero attached hydrogens (tertiary/aromatic N) is 1. The summed E-state index contributed by atoms with van der Waals surface area (Å²) in [7, 11) is 0. The second-order valence-corrected chi connectivity index (χ2v) is 5.79. The number of thioether (sulfide) groups is 1. The maximum Gasteiger partial charge on any atom is 0.408 e. The third-order valence-corrected chi connectivity index (χ3v) is 4.23. The Bertz CT molecular complexity index is 465. The van der Waals surface area contributed by atoms with Crippen molar-refractivity contribution in [2.24, 2.45) is 0 Å². The molecule has 110 valence electrons. The maximum absolute atomic E-state index is 11.5. The van der Waals surface area contributed by atoms with Crippen LogP contribution in [0.2, 0.25) is 0 Å². The number of carboxylic acids is 1. The van der Waals surface area contributed by atoms with Crippen LogP contribution in [0.5, 0.6) is 0 Å². The molecule has 0 saturated carbocycles. The first kappa shape index (κ1) is 14.7. The summed E-state index contributed by atoms with van der Waals surface area (Å²) in [4.78, 5) is 35.3. The van der Waals surface area contributed by atoms with Crippen molar-refractivity contribution in [1.82, 2.24) is 10.2 Å². The third kappa shape index (κ3) is 3.06. The molecule has 2 atom stereocenters. The van der Waals surface area contributed by atoms with E-state index in [2.05, 4.69) is 5.32 Å². The Hall–Kier alpha value is -1.70. The van der Waals surface area contributed by atoms with Crippen molar-refractivity contribution in [3.63, 3.8) is 0 Å². The Labute approximate surface area is 120 Å². The molecule has 0 bridgehead atoms. The van der Waals surface area contributed by atoms with Crippen molar-refractivity contribution < 1.29 is 24.2 Å². The van der Waals surface area contributed by atoms with Gasteiger partial charge in [0.25, 0.3) is 0 Å². The van der Waals surface area contributed by atoms with E-state index in [0.29, 0.717) is 13.0 Å². The number of ether oxygens (including phenoxy) is 1. The van der Waals surface area contributed by atoms with E-state index < -0.39 is 17.4 Å². The molecule has 2 heterocycles. The number of hydrogen-bond acceptors (Lipinski definition) is 5. The molecule has 7 nitrogen and oxygen atoms in total. The largest absolute Gasteiger partial charge is 0.477 e. The van der Waals surface area contributed by atoms with Gasteiger partial charge >= 0.3 is 12.1 Å². The third-order valence-electron chi connectivity index (χ3n) is 2.99. The van der Waals surface area contributed by atoms with E-state index in [1.54, 1.807) is 0 Å². The Morgan fingerprint density at radius 2 is 2.35 bits per heavy atom. The Morgan fingerprint density at radius 1 is 1.60 bits per heavy atom. The molecule has 0 aromatic heterocycles. The van der Waals surface area contributed by atoms with Gasteiger partial charge in [-0.05, 0) is 12.5 Å². The fourth-order valence-electron chi connectivity index (χ4n) is 1.93. The highest BCUT2D eigenvalue weighted by atomic mass is 32.2. The highest BCUT2D eigenvalue weighted by molar-refractivity contribution is 8.00. The molecule has 2 aliphatic rings. The fraction of sp³-hybridized carbons (Fsp3) is 0.583. The van der Waals surface area contributed by atoms with E-state index in [-0.39, 0.29) is 17.0 Å². The molecular weight excluding hydrogens is 284 g/mol. The summed E-state index contributed by atoms with van der Waals surface area (Å²) in [5.74, 6) is -1.38. The van der Waals surface area contributed by atoms with Gasteiger partial charge in [-0.3, -0.25) is 9.69 Å². The molecule has 0 aromatic carbocycles. The lowest BCUT2D eigenvalue weighted by Gasteiger charge is -2.44. The van der Waals surface area contributed by atoms with Gasteiger partial charge in [-0.2, -0.15) is 0 Å². The van der Waals surface area contributed by atoms with Crippen molar-refractivity contribution in [2.45, 2.75) is 36.9 Å². The van der Waals surface area contributed by atoms with Crippen LogP contribution in [0.15, 0.2) is 11.8 Å². The molecule has 2 N–H and O–H groups in total. The Balaban J connectivity index is 1.95. The minimum atomic E-state index is -1.17. The van der Waals surface area contributed by atoms with Crippen LogP contribution in [-0.4, -0.2) is 45.3 Å². The van der Waals surface area contributed by atoms with Crippen LogP contribution in [0.25, 0.3) is 0 Å². The van der Waals surface area contributed by atoms with Gasteiger partial charge in [0.05, 0.1) is 18.4 Å². The number of nitrogens with one attached hydrogen (secondary N) is 1. The first-order chi connectivity index (χ1) is 9.52. The lowest BCUT2D eigenvalue weighted by Crippen LogP contribution is -2.55. The normalized spacial score (nSPS) is 24.4. The smallest absolute Gasteiger partial charge is 0.408 e. The first-order valence-electron chi connectivity index (χ1n) is 6.39. The summed E-state index contributed by atoms with van der Waals surface area (Å²) in [5.41, 5.74) is -0.0798. The average Bonchev–Trinajstić information content (AvgIpc) is 2.37. The van der Waals surface area contributed by atoms with Gasteiger partial charge in [-0.25, -0.2) is 9.59 Å². The zero-order chi connectivity index (χ0) is 14.7. The molecule has 2 amide bonds.